The van der Waals surface area contributed by atoms with Gasteiger partial charge in [0.25, 0.3) is 0 Å². The van der Waals surface area contributed by atoms with E-state index in [2.05, 4.69) is 40.7 Å². The summed E-state index contributed by atoms with van der Waals surface area (Å²) in [5.74, 6) is 5.15. The van der Waals surface area contributed by atoms with Gasteiger partial charge in [0, 0.05) is 13.0 Å². The lowest BCUT2D eigenvalue weighted by molar-refractivity contribution is -0.0618. The van der Waals surface area contributed by atoms with Crippen LogP contribution in [0, 0.1) is 46.3 Å². The maximum absolute atomic E-state index is 12.2. The van der Waals surface area contributed by atoms with Crippen molar-refractivity contribution in [1.29, 1.82) is 0 Å². The zero-order valence-electron chi connectivity index (χ0n) is 24.5. The van der Waals surface area contributed by atoms with Gasteiger partial charge < -0.3 is 14.4 Å². The zero-order valence-corrected chi connectivity index (χ0v) is 24.5. The first-order valence-electron chi connectivity index (χ1n) is 15.2. The predicted octanol–water partition coefficient (Wildman–Crippen LogP) is 8.11. The van der Waals surface area contributed by atoms with Crippen LogP contribution in [0.2, 0.25) is 0 Å². The average molecular weight is 502 g/mol. The fourth-order valence-electron chi connectivity index (χ4n) is 9.23. The van der Waals surface area contributed by atoms with Gasteiger partial charge in [-0.25, -0.2) is 4.79 Å². The molecular weight excluding hydrogens is 446 g/mol. The number of ether oxygens (including phenoxy) is 2. The van der Waals surface area contributed by atoms with Crippen molar-refractivity contribution in [3.05, 3.63) is 11.6 Å². The normalized spacial score (nSPS) is 38.7. The van der Waals surface area contributed by atoms with Crippen LogP contribution in [0.3, 0.4) is 0 Å². The Kier molecular flexibility index (Phi) is 8.85. The van der Waals surface area contributed by atoms with E-state index < -0.39 is 6.16 Å². The molecule has 0 unspecified atom stereocenters. The molecule has 4 nitrogen and oxygen atoms in total. The molecule has 0 heterocycles. The van der Waals surface area contributed by atoms with Crippen LogP contribution in [0.1, 0.15) is 105 Å². The monoisotopic (exact) mass is 501 g/mol. The van der Waals surface area contributed by atoms with Crippen molar-refractivity contribution in [3.63, 3.8) is 0 Å². The van der Waals surface area contributed by atoms with Crippen molar-refractivity contribution in [2.75, 3.05) is 27.2 Å². The number of rotatable bonds is 9. The Labute approximate surface area is 221 Å². The molecule has 0 aliphatic heterocycles. The first kappa shape index (κ1) is 28.0. The van der Waals surface area contributed by atoms with E-state index >= 15 is 0 Å². The summed E-state index contributed by atoms with van der Waals surface area (Å²) in [5, 5.41) is 0. The molecule has 0 amide bonds. The highest BCUT2D eigenvalue weighted by Crippen LogP contribution is 2.67. The number of hydrogen-bond donors (Lipinski definition) is 0. The van der Waals surface area contributed by atoms with Crippen LogP contribution < -0.4 is 0 Å². The van der Waals surface area contributed by atoms with E-state index in [0.717, 1.165) is 61.3 Å². The molecule has 0 radical (unpaired) electrons. The lowest BCUT2D eigenvalue weighted by Gasteiger charge is -2.58. The van der Waals surface area contributed by atoms with Crippen molar-refractivity contribution < 1.29 is 14.3 Å². The van der Waals surface area contributed by atoms with Crippen LogP contribution in [0.25, 0.3) is 0 Å². The summed E-state index contributed by atoms with van der Waals surface area (Å²) in [4.78, 5) is 14.2. The second kappa shape index (κ2) is 11.4. The molecule has 8 atom stereocenters. The van der Waals surface area contributed by atoms with Gasteiger partial charge in [0.1, 0.15) is 12.7 Å². The summed E-state index contributed by atoms with van der Waals surface area (Å²) >= 11 is 0. The van der Waals surface area contributed by atoms with Crippen LogP contribution in [0.15, 0.2) is 11.6 Å². The molecule has 0 N–H and O–H groups in total. The molecule has 36 heavy (non-hydrogen) atoms. The lowest BCUT2D eigenvalue weighted by atomic mass is 9.47. The molecule has 4 aliphatic rings. The summed E-state index contributed by atoms with van der Waals surface area (Å²) in [7, 11) is 3.96. The topological polar surface area (TPSA) is 38.8 Å². The van der Waals surface area contributed by atoms with Gasteiger partial charge >= 0.3 is 6.16 Å². The Bertz CT molecular complexity index is 790. The SMILES string of the molecule is CC(C)CCC[C@@H](C)[C@H]1CC[C@H]2[C@@H]3CC=C4C[C@@H](OC(=O)OCCN(C)C)CC[C@]4(C)[C@H]3CC[C@]12C. The summed E-state index contributed by atoms with van der Waals surface area (Å²) < 4.78 is 11.1. The van der Waals surface area contributed by atoms with Crippen LogP contribution in [0.5, 0.6) is 0 Å². The third-order valence-corrected chi connectivity index (χ3v) is 11.3. The molecule has 0 bridgehead atoms. The van der Waals surface area contributed by atoms with Crippen molar-refractivity contribution in [3.8, 4) is 0 Å². The van der Waals surface area contributed by atoms with Gasteiger partial charge in [-0.2, -0.15) is 0 Å². The maximum Gasteiger partial charge on any atom is 0.508 e. The van der Waals surface area contributed by atoms with Gasteiger partial charge in [0.15, 0.2) is 0 Å². The molecule has 0 spiro atoms. The fourth-order valence-corrected chi connectivity index (χ4v) is 9.23. The van der Waals surface area contributed by atoms with Crippen molar-refractivity contribution in [2.45, 2.75) is 111 Å². The molecule has 3 fully saturated rings. The highest BCUT2D eigenvalue weighted by molar-refractivity contribution is 5.60. The fraction of sp³-hybridized carbons (Fsp3) is 0.906. The third-order valence-electron chi connectivity index (χ3n) is 11.3. The number of allylic oxidation sites excluding steroid dienone is 1. The first-order chi connectivity index (χ1) is 17.0. The highest BCUT2D eigenvalue weighted by Gasteiger charge is 2.59. The summed E-state index contributed by atoms with van der Waals surface area (Å²) in [6.07, 6.45) is 16.2. The van der Waals surface area contributed by atoms with Crippen molar-refractivity contribution >= 4 is 6.16 Å². The maximum atomic E-state index is 12.2. The largest absolute Gasteiger partial charge is 0.508 e. The number of likely N-dealkylation sites (N-methyl/N-ethyl adjacent to an activating group) is 1. The molecular formula is C32H55NO3. The van der Waals surface area contributed by atoms with E-state index in [4.69, 9.17) is 9.47 Å². The number of carbonyl (C=O) groups is 1. The Balaban J connectivity index is 1.37. The Morgan fingerprint density at radius 2 is 1.83 bits per heavy atom. The van der Waals surface area contributed by atoms with E-state index in [-0.39, 0.29) is 6.10 Å². The van der Waals surface area contributed by atoms with Crippen molar-refractivity contribution in [2.24, 2.45) is 46.3 Å². The molecule has 4 rings (SSSR count). The molecule has 3 saturated carbocycles. The Morgan fingerprint density at radius 1 is 1.06 bits per heavy atom. The molecule has 0 aromatic rings. The van der Waals surface area contributed by atoms with E-state index in [1.807, 2.05) is 19.0 Å². The quantitative estimate of drug-likeness (QED) is 0.236. The number of fused-ring (bicyclic) bond motifs is 5. The zero-order chi connectivity index (χ0) is 26.1. The molecule has 4 aliphatic carbocycles. The van der Waals surface area contributed by atoms with Gasteiger partial charge in [-0.3, -0.25) is 0 Å². The summed E-state index contributed by atoms with van der Waals surface area (Å²) in [6.45, 7) is 13.6. The summed E-state index contributed by atoms with van der Waals surface area (Å²) in [6, 6.07) is 0. The van der Waals surface area contributed by atoms with Gasteiger partial charge in [-0.1, -0.05) is 65.5 Å². The molecule has 0 saturated heterocycles. The van der Waals surface area contributed by atoms with E-state index in [1.165, 1.54) is 51.4 Å². The molecule has 4 heteroatoms. The Morgan fingerprint density at radius 3 is 2.56 bits per heavy atom. The number of nitrogens with zero attached hydrogens (tertiary/aromatic N) is 1. The van der Waals surface area contributed by atoms with Crippen molar-refractivity contribution in [1.82, 2.24) is 4.90 Å². The van der Waals surface area contributed by atoms with Crippen LogP contribution in [0.4, 0.5) is 4.79 Å². The molecule has 0 aromatic carbocycles. The van der Waals surface area contributed by atoms with Gasteiger partial charge in [-0.05, 0) is 105 Å². The van der Waals surface area contributed by atoms with Gasteiger partial charge in [0.05, 0.1) is 0 Å². The van der Waals surface area contributed by atoms with Crippen LogP contribution in [-0.2, 0) is 9.47 Å². The minimum atomic E-state index is -0.493. The standard InChI is InChI=1S/C32H55NO3/c1-22(2)9-8-10-23(3)27-13-14-28-26-12-11-24-21-25(36-30(34)35-20-19-33(6)7)15-17-31(24,4)29(26)16-18-32(27,28)5/h11,22-23,25-29H,8-10,12-21H2,1-7H3/t23-,25+,26+,27-,28+,29+,31+,32-/m1/s1. The summed E-state index contributed by atoms with van der Waals surface area (Å²) in [5.41, 5.74) is 2.40. The average Bonchev–Trinajstić information content (AvgIpc) is 3.16. The molecule has 206 valence electrons. The minimum Gasteiger partial charge on any atom is -0.433 e. The van der Waals surface area contributed by atoms with Crippen LogP contribution in [-0.4, -0.2) is 44.4 Å². The highest BCUT2D eigenvalue weighted by atomic mass is 16.7. The predicted molar refractivity (Wildman–Crippen MR) is 148 cm³/mol. The lowest BCUT2D eigenvalue weighted by Crippen LogP contribution is -2.51. The second-order valence-electron chi connectivity index (χ2n) is 14.2. The Hall–Kier alpha value is -1.03. The molecule has 0 aromatic heterocycles. The van der Waals surface area contributed by atoms with Gasteiger partial charge in [-0.15, -0.1) is 0 Å². The second-order valence-corrected chi connectivity index (χ2v) is 14.2. The number of hydrogen-bond acceptors (Lipinski definition) is 4. The smallest absolute Gasteiger partial charge is 0.433 e. The van der Waals surface area contributed by atoms with E-state index in [9.17, 15) is 4.79 Å². The van der Waals surface area contributed by atoms with E-state index in [1.54, 1.807) is 5.57 Å². The van der Waals surface area contributed by atoms with Gasteiger partial charge in [0.2, 0.25) is 0 Å². The minimum absolute atomic E-state index is 0.0239. The number of carbonyl (C=O) groups excluding carboxylic acids is 1. The van der Waals surface area contributed by atoms with E-state index in [0.29, 0.717) is 17.4 Å². The first-order valence-corrected chi connectivity index (χ1v) is 15.2. The van der Waals surface area contributed by atoms with Crippen LogP contribution >= 0.6 is 0 Å². The third kappa shape index (κ3) is 5.69.